The highest BCUT2D eigenvalue weighted by molar-refractivity contribution is 9.10. The lowest BCUT2D eigenvalue weighted by molar-refractivity contribution is -0.122. The van der Waals surface area contributed by atoms with Crippen LogP contribution < -0.4 is 11.1 Å². The average Bonchev–Trinajstić information content (AvgIpc) is 2.45. The summed E-state index contributed by atoms with van der Waals surface area (Å²) >= 11 is 3.40. The number of carbonyl (C=O) groups is 1. The Morgan fingerprint density at radius 3 is 2.60 bits per heavy atom. The van der Waals surface area contributed by atoms with Gasteiger partial charge in [-0.1, -0.05) is 57.9 Å². The van der Waals surface area contributed by atoms with Crippen LogP contribution in [0.5, 0.6) is 0 Å². The van der Waals surface area contributed by atoms with Gasteiger partial charge in [0.2, 0.25) is 5.91 Å². The molecule has 3 nitrogen and oxygen atoms in total. The number of halogens is 1. The van der Waals surface area contributed by atoms with Crippen LogP contribution >= 0.6 is 15.9 Å². The molecule has 3 N–H and O–H groups in total. The highest BCUT2D eigenvalue weighted by atomic mass is 79.9. The first-order chi connectivity index (χ1) is 9.56. The number of amides is 1. The van der Waals surface area contributed by atoms with E-state index in [1.54, 1.807) is 0 Å². The average molecular weight is 333 g/mol. The minimum Gasteiger partial charge on any atom is -0.350 e. The Morgan fingerprint density at radius 1 is 1.25 bits per heavy atom. The summed E-state index contributed by atoms with van der Waals surface area (Å²) in [4.78, 5) is 12.0. The van der Waals surface area contributed by atoms with E-state index in [-0.39, 0.29) is 5.91 Å². The zero-order chi connectivity index (χ0) is 14.5. The van der Waals surface area contributed by atoms with Crippen LogP contribution in [0.15, 0.2) is 53.0 Å². The number of aryl methyl sites for hydroxylation is 1. The second kappa shape index (κ2) is 6.68. The normalized spacial score (nSPS) is 11.9. The van der Waals surface area contributed by atoms with Crippen molar-refractivity contribution in [3.05, 3.63) is 69.7 Å². The number of hydrogen-bond donors (Lipinski definition) is 2. The Labute approximate surface area is 127 Å². The summed E-state index contributed by atoms with van der Waals surface area (Å²) in [6, 6.07) is 14.9. The number of nitrogens with two attached hydrogens (primary N) is 1. The van der Waals surface area contributed by atoms with E-state index in [2.05, 4.69) is 21.2 Å². The lowest BCUT2D eigenvalue weighted by Gasteiger charge is -2.13. The third-order valence-corrected chi connectivity index (χ3v) is 3.57. The molecule has 0 bridgehead atoms. The standard InChI is InChI=1S/C16H17BrN2O/c1-11-5-7-13(8-6-11)15(18)16(20)19-10-12-3-2-4-14(17)9-12/h2-9,15H,10,18H2,1H3,(H,19,20). The lowest BCUT2D eigenvalue weighted by Crippen LogP contribution is -2.33. The van der Waals surface area contributed by atoms with E-state index in [4.69, 9.17) is 5.73 Å². The molecular formula is C16H17BrN2O. The van der Waals surface area contributed by atoms with Gasteiger partial charge in [-0.2, -0.15) is 0 Å². The van der Waals surface area contributed by atoms with Gasteiger partial charge in [-0.15, -0.1) is 0 Å². The third kappa shape index (κ3) is 3.92. The van der Waals surface area contributed by atoms with Crippen LogP contribution in [0.4, 0.5) is 0 Å². The Kier molecular flexibility index (Phi) is 4.93. The monoisotopic (exact) mass is 332 g/mol. The highest BCUT2D eigenvalue weighted by Gasteiger charge is 2.14. The van der Waals surface area contributed by atoms with Crippen molar-refractivity contribution in [3.63, 3.8) is 0 Å². The van der Waals surface area contributed by atoms with Gasteiger partial charge >= 0.3 is 0 Å². The van der Waals surface area contributed by atoms with Crippen LogP contribution in [0.3, 0.4) is 0 Å². The summed E-state index contributed by atoms with van der Waals surface area (Å²) in [5, 5.41) is 2.85. The molecule has 0 heterocycles. The van der Waals surface area contributed by atoms with Gasteiger partial charge in [-0.05, 0) is 30.2 Å². The molecular weight excluding hydrogens is 316 g/mol. The lowest BCUT2D eigenvalue weighted by atomic mass is 10.1. The molecule has 0 saturated carbocycles. The van der Waals surface area contributed by atoms with Crippen molar-refractivity contribution in [1.29, 1.82) is 0 Å². The molecule has 0 aliphatic rings. The molecule has 2 aromatic rings. The van der Waals surface area contributed by atoms with Crippen molar-refractivity contribution in [1.82, 2.24) is 5.32 Å². The van der Waals surface area contributed by atoms with Gasteiger partial charge in [0, 0.05) is 11.0 Å². The molecule has 0 aliphatic carbocycles. The summed E-state index contributed by atoms with van der Waals surface area (Å²) in [6.07, 6.45) is 0. The number of benzene rings is 2. The van der Waals surface area contributed by atoms with Gasteiger partial charge in [0.1, 0.15) is 6.04 Å². The molecule has 1 atom stereocenters. The van der Waals surface area contributed by atoms with Gasteiger partial charge in [-0.25, -0.2) is 0 Å². The maximum atomic E-state index is 12.0. The van der Waals surface area contributed by atoms with Crippen molar-refractivity contribution >= 4 is 21.8 Å². The predicted molar refractivity (Wildman–Crippen MR) is 84.1 cm³/mol. The van der Waals surface area contributed by atoms with Gasteiger partial charge < -0.3 is 11.1 Å². The number of carbonyl (C=O) groups excluding carboxylic acids is 1. The summed E-state index contributed by atoms with van der Waals surface area (Å²) in [5.41, 5.74) is 8.96. The molecule has 0 aliphatic heterocycles. The van der Waals surface area contributed by atoms with E-state index in [0.29, 0.717) is 6.54 Å². The third-order valence-electron chi connectivity index (χ3n) is 3.07. The van der Waals surface area contributed by atoms with E-state index >= 15 is 0 Å². The molecule has 2 rings (SSSR count). The van der Waals surface area contributed by atoms with Crippen molar-refractivity contribution in [2.45, 2.75) is 19.5 Å². The van der Waals surface area contributed by atoms with Crippen LogP contribution in [0, 0.1) is 6.92 Å². The molecule has 104 valence electrons. The molecule has 0 fully saturated rings. The van der Waals surface area contributed by atoms with E-state index in [0.717, 1.165) is 21.2 Å². The minimum absolute atomic E-state index is 0.172. The Morgan fingerprint density at radius 2 is 1.95 bits per heavy atom. The van der Waals surface area contributed by atoms with Crippen LogP contribution in [0.2, 0.25) is 0 Å². The maximum Gasteiger partial charge on any atom is 0.241 e. The molecule has 1 unspecified atom stereocenters. The van der Waals surface area contributed by atoms with Crippen LogP contribution in [-0.2, 0) is 11.3 Å². The van der Waals surface area contributed by atoms with E-state index in [1.807, 2.05) is 55.5 Å². The molecule has 0 spiro atoms. The summed E-state index contributed by atoms with van der Waals surface area (Å²) < 4.78 is 0.993. The Bertz CT molecular complexity index is 596. The van der Waals surface area contributed by atoms with Crippen LogP contribution in [0.1, 0.15) is 22.7 Å². The fourth-order valence-corrected chi connectivity index (χ4v) is 2.32. The molecule has 2 aromatic carbocycles. The zero-order valence-corrected chi connectivity index (χ0v) is 12.9. The van der Waals surface area contributed by atoms with Crippen molar-refractivity contribution in [2.75, 3.05) is 0 Å². The van der Waals surface area contributed by atoms with E-state index in [1.165, 1.54) is 0 Å². The van der Waals surface area contributed by atoms with Gasteiger partial charge in [0.05, 0.1) is 0 Å². The smallest absolute Gasteiger partial charge is 0.241 e. The summed E-state index contributed by atoms with van der Waals surface area (Å²) in [5.74, 6) is -0.172. The van der Waals surface area contributed by atoms with Crippen molar-refractivity contribution in [3.8, 4) is 0 Å². The second-order valence-electron chi connectivity index (χ2n) is 4.74. The molecule has 4 heteroatoms. The Balaban J connectivity index is 1.96. The first kappa shape index (κ1) is 14.8. The second-order valence-corrected chi connectivity index (χ2v) is 5.65. The topological polar surface area (TPSA) is 55.1 Å². The van der Waals surface area contributed by atoms with Crippen LogP contribution in [-0.4, -0.2) is 5.91 Å². The van der Waals surface area contributed by atoms with Crippen molar-refractivity contribution in [2.24, 2.45) is 5.73 Å². The molecule has 1 amide bonds. The molecule has 20 heavy (non-hydrogen) atoms. The van der Waals surface area contributed by atoms with Gasteiger partial charge in [0.25, 0.3) is 0 Å². The van der Waals surface area contributed by atoms with Crippen molar-refractivity contribution < 1.29 is 4.79 Å². The molecule has 0 radical (unpaired) electrons. The summed E-state index contributed by atoms with van der Waals surface area (Å²) in [7, 11) is 0. The largest absolute Gasteiger partial charge is 0.350 e. The highest BCUT2D eigenvalue weighted by Crippen LogP contribution is 2.13. The summed E-state index contributed by atoms with van der Waals surface area (Å²) in [6.45, 7) is 2.47. The van der Waals surface area contributed by atoms with E-state index < -0.39 is 6.04 Å². The maximum absolute atomic E-state index is 12.0. The fourth-order valence-electron chi connectivity index (χ4n) is 1.87. The number of rotatable bonds is 4. The Hall–Kier alpha value is -1.65. The minimum atomic E-state index is -0.636. The zero-order valence-electron chi connectivity index (χ0n) is 11.3. The first-order valence-electron chi connectivity index (χ1n) is 6.40. The molecule has 0 saturated heterocycles. The molecule has 0 aromatic heterocycles. The fraction of sp³-hybridized carbons (Fsp3) is 0.188. The predicted octanol–water partition coefficient (Wildman–Crippen LogP) is 3.07. The number of nitrogens with one attached hydrogen (secondary N) is 1. The number of hydrogen-bond acceptors (Lipinski definition) is 2. The SMILES string of the molecule is Cc1ccc(C(N)C(=O)NCc2cccc(Br)c2)cc1. The van der Waals surface area contributed by atoms with E-state index in [9.17, 15) is 4.79 Å². The van der Waals surface area contributed by atoms with Gasteiger partial charge in [0.15, 0.2) is 0 Å². The van der Waals surface area contributed by atoms with Crippen LogP contribution in [0.25, 0.3) is 0 Å². The quantitative estimate of drug-likeness (QED) is 0.903. The van der Waals surface area contributed by atoms with Gasteiger partial charge in [-0.3, -0.25) is 4.79 Å². The first-order valence-corrected chi connectivity index (χ1v) is 7.20.